The minimum Gasteiger partial charge on any atom is -0.391 e. The molecule has 0 aromatic carbocycles. The Morgan fingerprint density at radius 3 is 2.29 bits per heavy atom. The largest absolute Gasteiger partial charge is 0.391 e. The first-order valence-electron chi connectivity index (χ1n) is 6.35. The highest BCUT2D eigenvalue weighted by Gasteiger charge is 2.36. The van der Waals surface area contributed by atoms with Crippen LogP contribution in [0.3, 0.4) is 0 Å². The minimum atomic E-state index is -0.466. The first-order chi connectivity index (χ1) is 8.02. The van der Waals surface area contributed by atoms with Crippen LogP contribution in [0.15, 0.2) is 0 Å². The summed E-state index contributed by atoms with van der Waals surface area (Å²) >= 11 is 5.17. The van der Waals surface area contributed by atoms with Crippen molar-refractivity contribution < 1.29 is 4.79 Å². The maximum atomic E-state index is 12.0. The van der Waals surface area contributed by atoms with Gasteiger partial charge in [0.1, 0.15) is 0 Å². The second-order valence-corrected chi connectivity index (χ2v) is 5.24. The topological polar surface area (TPSA) is 58.4 Å². The molecule has 2 amide bonds. The molecule has 3 N–H and O–H groups in total. The summed E-state index contributed by atoms with van der Waals surface area (Å²) in [5.41, 5.74) is 5.39. The van der Waals surface area contributed by atoms with E-state index in [4.69, 9.17) is 18.0 Å². The normalized spacial score (nSPS) is 19.2. The lowest BCUT2D eigenvalue weighted by Gasteiger charge is -2.34. The molecule has 1 rings (SSSR count). The lowest BCUT2D eigenvalue weighted by atomic mass is 9.90. The van der Waals surface area contributed by atoms with Crippen molar-refractivity contribution in [1.82, 2.24) is 10.2 Å². The van der Waals surface area contributed by atoms with Crippen molar-refractivity contribution >= 4 is 23.2 Å². The van der Waals surface area contributed by atoms with Crippen molar-refractivity contribution in [2.24, 2.45) is 5.73 Å². The van der Waals surface area contributed by atoms with Gasteiger partial charge in [0.25, 0.3) is 0 Å². The van der Waals surface area contributed by atoms with E-state index in [9.17, 15) is 4.79 Å². The molecular weight excluding hydrogens is 234 g/mol. The van der Waals surface area contributed by atoms with Crippen molar-refractivity contribution in [3.05, 3.63) is 0 Å². The number of nitrogens with zero attached hydrogens (tertiary/aromatic N) is 1. The summed E-state index contributed by atoms with van der Waals surface area (Å²) in [6.07, 6.45) is 6.28. The molecule has 4 nitrogen and oxygen atoms in total. The standard InChI is InChI=1S/C12H23N3OS/c1-3-15(2)11(16)14-12(10(13)17)8-6-4-5-7-9-12/h3-9H2,1-2H3,(H2,13,17)(H,14,16). The Morgan fingerprint density at radius 1 is 1.35 bits per heavy atom. The molecule has 1 fully saturated rings. The van der Waals surface area contributed by atoms with Gasteiger partial charge in [0, 0.05) is 13.6 Å². The van der Waals surface area contributed by atoms with Crippen LogP contribution in [0.1, 0.15) is 45.4 Å². The van der Waals surface area contributed by atoms with Crippen LogP contribution < -0.4 is 11.1 Å². The Labute approximate surface area is 109 Å². The molecule has 98 valence electrons. The molecule has 0 aromatic rings. The summed E-state index contributed by atoms with van der Waals surface area (Å²) < 4.78 is 0. The van der Waals surface area contributed by atoms with Gasteiger partial charge >= 0.3 is 6.03 Å². The average molecular weight is 257 g/mol. The van der Waals surface area contributed by atoms with E-state index in [0.717, 1.165) is 25.7 Å². The Kier molecular flexibility index (Phi) is 5.18. The fourth-order valence-electron chi connectivity index (χ4n) is 2.21. The quantitative estimate of drug-likeness (QED) is 0.601. The summed E-state index contributed by atoms with van der Waals surface area (Å²) in [7, 11) is 1.78. The van der Waals surface area contributed by atoms with Crippen LogP contribution in [0.25, 0.3) is 0 Å². The number of nitrogens with one attached hydrogen (secondary N) is 1. The van der Waals surface area contributed by atoms with Gasteiger partial charge in [0.2, 0.25) is 0 Å². The van der Waals surface area contributed by atoms with E-state index < -0.39 is 5.54 Å². The highest BCUT2D eigenvalue weighted by atomic mass is 32.1. The first-order valence-corrected chi connectivity index (χ1v) is 6.76. The maximum Gasteiger partial charge on any atom is 0.317 e. The second-order valence-electron chi connectivity index (χ2n) is 4.80. The van der Waals surface area contributed by atoms with Gasteiger partial charge in [-0.1, -0.05) is 37.9 Å². The van der Waals surface area contributed by atoms with Gasteiger partial charge in [-0.05, 0) is 19.8 Å². The molecule has 0 radical (unpaired) electrons. The van der Waals surface area contributed by atoms with Gasteiger partial charge in [-0.25, -0.2) is 4.79 Å². The highest BCUT2D eigenvalue weighted by molar-refractivity contribution is 7.80. The molecule has 0 spiro atoms. The Hall–Kier alpha value is -0.840. The van der Waals surface area contributed by atoms with E-state index in [1.54, 1.807) is 11.9 Å². The Bertz CT molecular complexity index is 285. The zero-order valence-electron chi connectivity index (χ0n) is 10.8. The van der Waals surface area contributed by atoms with E-state index in [2.05, 4.69) is 5.32 Å². The molecular formula is C12H23N3OS. The van der Waals surface area contributed by atoms with Crippen molar-refractivity contribution in [2.75, 3.05) is 13.6 Å². The van der Waals surface area contributed by atoms with E-state index in [-0.39, 0.29) is 6.03 Å². The zero-order valence-corrected chi connectivity index (χ0v) is 11.6. The number of amides is 2. The predicted octanol–water partition coefficient (Wildman–Crippen LogP) is 2.03. The molecule has 17 heavy (non-hydrogen) atoms. The Morgan fingerprint density at radius 2 is 1.88 bits per heavy atom. The third kappa shape index (κ3) is 3.56. The summed E-state index contributed by atoms with van der Waals surface area (Å²) in [6.45, 7) is 2.62. The zero-order chi connectivity index (χ0) is 12.9. The average Bonchev–Trinajstić information content (AvgIpc) is 2.54. The van der Waals surface area contributed by atoms with Crippen LogP contribution in [0, 0.1) is 0 Å². The Balaban J connectivity index is 2.77. The summed E-state index contributed by atoms with van der Waals surface area (Å²) in [6, 6.07) is -0.0813. The molecule has 0 saturated heterocycles. The maximum absolute atomic E-state index is 12.0. The molecule has 0 aromatic heterocycles. The van der Waals surface area contributed by atoms with Gasteiger partial charge in [-0.3, -0.25) is 0 Å². The molecule has 5 heteroatoms. The fourth-order valence-corrected chi connectivity index (χ4v) is 2.46. The fraction of sp³-hybridized carbons (Fsp3) is 0.833. The number of thiocarbonyl (C=S) groups is 1. The van der Waals surface area contributed by atoms with Crippen LogP contribution in [-0.2, 0) is 0 Å². The number of carbonyl (C=O) groups excluding carboxylic acids is 1. The van der Waals surface area contributed by atoms with Gasteiger partial charge in [0.05, 0.1) is 10.5 Å². The molecule has 0 unspecified atom stereocenters. The number of urea groups is 1. The summed E-state index contributed by atoms with van der Waals surface area (Å²) in [5, 5.41) is 3.04. The number of nitrogens with two attached hydrogens (primary N) is 1. The monoisotopic (exact) mass is 257 g/mol. The number of hydrogen-bond acceptors (Lipinski definition) is 2. The third-order valence-electron chi connectivity index (χ3n) is 3.60. The van der Waals surface area contributed by atoms with E-state index >= 15 is 0 Å². The van der Waals surface area contributed by atoms with Crippen molar-refractivity contribution in [2.45, 2.75) is 51.0 Å². The van der Waals surface area contributed by atoms with Crippen LogP contribution >= 0.6 is 12.2 Å². The smallest absolute Gasteiger partial charge is 0.317 e. The number of hydrogen-bond donors (Lipinski definition) is 2. The minimum absolute atomic E-state index is 0.0813. The van der Waals surface area contributed by atoms with Crippen LogP contribution in [0.5, 0.6) is 0 Å². The van der Waals surface area contributed by atoms with Gasteiger partial charge in [-0.15, -0.1) is 0 Å². The van der Waals surface area contributed by atoms with E-state index in [0.29, 0.717) is 11.5 Å². The van der Waals surface area contributed by atoms with Crippen molar-refractivity contribution in [3.8, 4) is 0 Å². The molecule has 0 atom stereocenters. The second kappa shape index (κ2) is 6.19. The molecule has 0 aliphatic heterocycles. The predicted molar refractivity (Wildman–Crippen MR) is 74.1 cm³/mol. The van der Waals surface area contributed by atoms with Crippen molar-refractivity contribution in [3.63, 3.8) is 0 Å². The molecule has 0 heterocycles. The first kappa shape index (κ1) is 14.2. The van der Waals surface area contributed by atoms with E-state index in [1.165, 1.54) is 12.8 Å². The lowest BCUT2D eigenvalue weighted by molar-refractivity contribution is 0.200. The molecule has 0 bridgehead atoms. The van der Waals surface area contributed by atoms with Crippen molar-refractivity contribution in [1.29, 1.82) is 0 Å². The SMILES string of the molecule is CCN(C)C(=O)NC1(C(N)=S)CCCCCC1. The highest BCUT2D eigenvalue weighted by Crippen LogP contribution is 2.27. The van der Waals surface area contributed by atoms with Crippen LogP contribution in [0.4, 0.5) is 4.79 Å². The molecule has 1 aliphatic rings. The summed E-state index contributed by atoms with van der Waals surface area (Å²) in [5.74, 6) is 0. The van der Waals surface area contributed by atoms with Gasteiger partial charge < -0.3 is 16.0 Å². The molecule has 1 aliphatic carbocycles. The van der Waals surface area contributed by atoms with Gasteiger partial charge in [0.15, 0.2) is 0 Å². The third-order valence-corrected chi connectivity index (χ3v) is 3.99. The lowest BCUT2D eigenvalue weighted by Crippen LogP contribution is -2.58. The number of carbonyl (C=O) groups is 1. The molecule has 1 saturated carbocycles. The van der Waals surface area contributed by atoms with Crippen LogP contribution in [-0.4, -0.2) is 35.1 Å². The number of rotatable bonds is 3. The van der Waals surface area contributed by atoms with E-state index in [1.807, 2.05) is 6.92 Å². The van der Waals surface area contributed by atoms with Gasteiger partial charge in [-0.2, -0.15) is 0 Å². The van der Waals surface area contributed by atoms with Crippen LogP contribution in [0.2, 0.25) is 0 Å². The summed E-state index contributed by atoms with van der Waals surface area (Å²) in [4.78, 5) is 14.0.